The summed E-state index contributed by atoms with van der Waals surface area (Å²) in [4.78, 5) is 0.344. The first-order valence-electron chi connectivity index (χ1n) is 7.46. The molecule has 0 bridgehead atoms. The molecule has 1 aliphatic rings. The smallest absolute Gasteiger partial charge is 0.263 e. The molecule has 0 amide bonds. The quantitative estimate of drug-likeness (QED) is 0.785. The van der Waals surface area contributed by atoms with E-state index in [1.165, 1.54) is 9.87 Å². The molecule has 0 saturated carbocycles. The van der Waals surface area contributed by atoms with E-state index in [1.807, 2.05) is 37.3 Å². The fourth-order valence-corrected chi connectivity index (χ4v) is 4.28. The monoisotopic (exact) mass is 391 g/mol. The van der Waals surface area contributed by atoms with Gasteiger partial charge in [-0.15, -0.1) is 0 Å². The Balaban J connectivity index is 1.71. The van der Waals surface area contributed by atoms with Crippen molar-refractivity contribution >= 4 is 26.0 Å². The van der Waals surface area contributed by atoms with Crippen LogP contribution in [-0.4, -0.2) is 19.3 Å². The lowest BCUT2D eigenvalue weighted by Crippen LogP contribution is -2.27. The van der Waals surface area contributed by atoms with E-state index in [0.717, 1.165) is 16.5 Å². The van der Waals surface area contributed by atoms with E-state index in [-0.39, 0.29) is 5.92 Å². The van der Waals surface area contributed by atoms with Gasteiger partial charge in [-0.25, -0.2) is 8.42 Å². The van der Waals surface area contributed by atoms with Crippen LogP contribution < -0.4 is 0 Å². The van der Waals surface area contributed by atoms with Gasteiger partial charge < -0.3 is 0 Å². The Labute approximate surface area is 145 Å². The van der Waals surface area contributed by atoms with Gasteiger partial charge >= 0.3 is 0 Å². The number of nitrogens with zero attached hydrogens (tertiary/aromatic N) is 1. The normalized spacial score (nSPS) is 17.7. The van der Waals surface area contributed by atoms with E-state index in [1.54, 1.807) is 18.3 Å². The Bertz CT molecular complexity index is 811. The maximum absolute atomic E-state index is 12.7. The molecule has 5 heteroatoms. The molecular formula is C18H18BrNO2S. The van der Waals surface area contributed by atoms with Crippen LogP contribution >= 0.6 is 15.9 Å². The van der Waals surface area contributed by atoms with Crippen molar-refractivity contribution in [1.29, 1.82) is 0 Å². The summed E-state index contributed by atoms with van der Waals surface area (Å²) in [7, 11) is -3.45. The minimum Gasteiger partial charge on any atom is -0.273 e. The summed E-state index contributed by atoms with van der Waals surface area (Å²) in [6.07, 6.45) is 4.51. The summed E-state index contributed by atoms with van der Waals surface area (Å²) >= 11 is 3.42. The van der Waals surface area contributed by atoms with E-state index in [2.05, 4.69) is 28.1 Å². The van der Waals surface area contributed by atoms with Crippen LogP contribution in [0.2, 0.25) is 0 Å². The number of rotatable bonds is 4. The molecule has 23 heavy (non-hydrogen) atoms. The van der Waals surface area contributed by atoms with Crippen LogP contribution in [0.4, 0.5) is 0 Å². The predicted octanol–water partition coefficient (Wildman–Crippen LogP) is 4.13. The maximum atomic E-state index is 12.7. The Hall–Kier alpha value is -1.59. The Morgan fingerprint density at radius 2 is 1.74 bits per heavy atom. The lowest BCUT2D eigenvalue weighted by atomic mass is 10.0. The SMILES string of the molecule is Cc1ccc(S(=O)(=O)N2C=CC(Cc3ccc(Br)cc3)C2)cc1. The topological polar surface area (TPSA) is 37.4 Å². The molecule has 0 fully saturated rings. The fraction of sp³-hybridized carbons (Fsp3) is 0.222. The van der Waals surface area contributed by atoms with Crippen molar-refractivity contribution in [3.8, 4) is 0 Å². The van der Waals surface area contributed by atoms with Gasteiger partial charge in [0.15, 0.2) is 0 Å². The number of benzene rings is 2. The number of aryl methyl sites for hydroxylation is 1. The van der Waals surface area contributed by atoms with Gasteiger partial charge in [0.05, 0.1) is 4.90 Å². The highest BCUT2D eigenvalue weighted by Crippen LogP contribution is 2.25. The lowest BCUT2D eigenvalue weighted by Gasteiger charge is -2.18. The second-order valence-corrected chi connectivity index (χ2v) is 8.63. The van der Waals surface area contributed by atoms with Crippen LogP contribution in [0.3, 0.4) is 0 Å². The molecule has 2 aromatic rings. The second-order valence-electron chi connectivity index (χ2n) is 5.82. The molecule has 1 unspecified atom stereocenters. The number of hydrogen-bond acceptors (Lipinski definition) is 2. The van der Waals surface area contributed by atoms with Crippen molar-refractivity contribution in [3.05, 3.63) is 76.4 Å². The summed E-state index contributed by atoms with van der Waals surface area (Å²) in [5.74, 6) is 0.205. The molecule has 0 saturated heterocycles. The van der Waals surface area contributed by atoms with Crippen molar-refractivity contribution in [2.75, 3.05) is 6.54 Å². The Morgan fingerprint density at radius 3 is 2.39 bits per heavy atom. The van der Waals surface area contributed by atoms with Gasteiger partial charge in [-0.2, -0.15) is 0 Å². The van der Waals surface area contributed by atoms with Crippen molar-refractivity contribution in [1.82, 2.24) is 4.31 Å². The van der Waals surface area contributed by atoms with Gasteiger partial charge in [0.1, 0.15) is 0 Å². The zero-order valence-corrected chi connectivity index (χ0v) is 15.2. The molecule has 0 radical (unpaired) electrons. The first-order valence-corrected chi connectivity index (χ1v) is 9.70. The number of hydrogen-bond donors (Lipinski definition) is 0. The zero-order chi connectivity index (χ0) is 16.4. The minimum atomic E-state index is -3.45. The second kappa shape index (κ2) is 6.49. The van der Waals surface area contributed by atoms with E-state index >= 15 is 0 Å². The summed E-state index contributed by atoms with van der Waals surface area (Å²) in [5, 5.41) is 0. The van der Waals surface area contributed by atoms with E-state index in [4.69, 9.17) is 0 Å². The van der Waals surface area contributed by atoms with Gasteiger partial charge in [-0.1, -0.05) is 51.8 Å². The van der Waals surface area contributed by atoms with Gasteiger partial charge in [0.2, 0.25) is 0 Å². The van der Waals surface area contributed by atoms with Gasteiger partial charge in [0, 0.05) is 23.1 Å². The molecule has 3 rings (SSSR count). The first-order chi connectivity index (χ1) is 10.9. The van der Waals surface area contributed by atoms with E-state index in [9.17, 15) is 8.42 Å². The third-order valence-corrected chi connectivity index (χ3v) is 6.26. The van der Waals surface area contributed by atoms with Crippen LogP contribution in [0.25, 0.3) is 0 Å². The molecule has 0 aromatic heterocycles. The average Bonchev–Trinajstić information content (AvgIpc) is 2.99. The Kier molecular flexibility index (Phi) is 4.60. The Morgan fingerprint density at radius 1 is 1.09 bits per heavy atom. The maximum Gasteiger partial charge on any atom is 0.263 e. The van der Waals surface area contributed by atoms with Crippen molar-refractivity contribution < 1.29 is 8.42 Å². The number of sulfonamides is 1. The zero-order valence-electron chi connectivity index (χ0n) is 12.8. The van der Waals surface area contributed by atoms with Crippen LogP contribution in [-0.2, 0) is 16.4 Å². The summed E-state index contributed by atoms with van der Waals surface area (Å²) < 4.78 is 27.8. The molecule has 2 aromatic carbocycles. The third-order valence-electron chi connectivity index (χ3n) is 3.98. The largest absolute Gasteiger partial charge is 0.273 e. The molecular weight excluding hydrogens is 374 g/mol. The van der Waals surface area contributed by atoms with Gasteiger partial charge in [-0.3, -0.25) is 4.31 Å². The van der Waals surface area contributed by atoms with Gasteiger partial charge in [-0.05, 0) is 43.2 Å². The molecule has 0 aliphatic carbocycles. The van der Waals surface area contributed by atoms with Crippen LogP contribution in [0, 0.1) is 12.8 Å². The van der Waals surface area contributed by atoms with Gasteiger partial charge in [0.25, 0.3) is 10.0 Å². The van der Waals surface area contributed by atoms with Crippen LogP contribution in [0.5, 0.6) is 0 Å². The van der Waals surface area contributed by atoms with Crippen molar-refractivity contribution in [2.24, 2.45) is 5.92 Å². The molecule has 1 heterocycles. The lowest BCUT2D eigenvalue weighted by molar-refractivity contribution is 0.479. The third kappa shape index (κ3) is 3.67. The molecule has 1 atom stereocenters. The molecule has 1 aliphatic heterocycles. The average molecular weight is 392 g/mol. The first kappa shape index (κ1) is 16.3. The standard InChI is InChI=1S/C18H18BrNO2S/c1-14-2-8-18(9-3-14)23(21,22)20-11-10-16(13-20)12-15-4-6-17(19)7-5-15/h2-11,16H,12-13H2,1H3. The summed E-state index contributed by atoms with van der Waals surface area (Å²) in [6, 6.07) is 15.1. The minimum absolute atomic E-state index is 0.205. The summed E-state index contributed by atoms with van der Waals surface area (Å²) in [6.45, 7) is 2.44. The van der Waals surface area contributed by atoms with Crippen molar-refractivity contribution in [3.63, 3.8) is 0 Å². The molecule has 3 nitrogen and oxygen atoms in total. The molecule has 0 N–H and O–H groups in total. The highest BCUT2D eigenvalue weighted by Gasteiger charge is 2.27. The van der Waals surface area contributed by atoms with Crippen LogP contribution in [0.1, 0.15) is 11.1 Å². The van der Waals surface area contributed by atoms with Crippen molar-refractivity contribution in [2.45, 2.75) is 18.2 Å². The van der Waals surface area contributed by atoms with Crippen LogP contribution in [0.15, 0.2) is 70.2 Å². The highest BCUT2D eigenvalue weighted by molar-refractivity contribution is 9.10. The number of halogens is 1. The van der Waals surface area contributed by atoms with E-state index < -0.39 is 10.0 Å². The van der Waals surface area contributed by atoms with E-state index in [0.29, 0.717) is 11.4 Å². The predicted molar refractivity (Wildman–Crippen MR) is 95.5 cm³/mol. The molecule has 0 spiro atoms. The molecule has 120 valence electrons. The summed E-state index contributed by atoms with van der Waals surface area (Å²) in [5.41, 5.74) is 2.26. The fourth-order valence-electron chi connectivity index (χ4n) is 2.65. The highest BCUT2D eigenvalue weighted by atomic mass is 79.9.